The van der Waals surface area contributed by atoms with E-state index in [-0.39, 0.29) is 0 Å². The summed E-state index contributed by atoms with van der Waals surface area (Å²) in [5.41, 5.74) is 1.02. The van der Waals surface area contributed by atoms with Crippen LogP contribution in [0.5, 0.6) is 0 Å². The van der Waals surface area contributed by atoms with Crippen molar-refractivity contribution in [1.29, 1.82) is 0 Å². The van der Waals surface area contributed by atoms with Crippen molar-refractivity contribution >= 4 is 5.71 Å². The third-order valence-corrected chi connectivity index (χ3v) is 3.34. The molecule has 3 heteroatoms. The minimum absolute atomic E-state index is 0.477. The maximum Gasteiger partial charge on any atom is 0.0632 e. The lowest BCUT2D eigenvalue weighted by Crippen LogP contribution is -2.52. The molecular weight excluding hydrogens is 164 g/mol. The summed E-state index contributed by atoms with van der Waals surface area (Å²) >= 11 is 0. The predicted molar refractivity (Wildman–Crippen MR) is 52.2 cm³/mol. The van der Waals surface area contributed by atoms with Crippen LogP contribution in [0.3, 0.4) is 0 Å². The van der Waals surface area contributed by atoms with Gasteiger partial charge in [-0.3, -0.25) is 0 Å². The van der Waals surface area contributed by atoms with Gasteiger partial charge in [0.05, 0.1) is 5.71 Å². The Bertz CT molecular complexity index is 215. The zero-order valence-electron chi connectivity index (χ0n) is 8.16. The van der Waals surface area contributed by atoms with Crippen molar-refractivity contribution in [2.24, 2.45) is 11.1 Å². The zero-order chi connectivity index (χ0) is 9.26. The van der Waals surface area contributed by atoms with Crippen molar-refractivity contribution in [3.63, 3.8) is 0 Å². The Morgan fingerprint density at radius 3 is 2.92 bits per heavy atom. The van der Waals surface area contributed by atoms with Gasteiger partial charge in [-0.1, -0.05) is 18.0 Å². The van der Waals surface area contributed by atoms with E-state index < -0.39 is 0 Å². The highest BCUT2D eigenvalue weighted by molar-refractivity contribution is 5.88. The molecule has 0 aromatic heterocycles. The second-order valence-electron chi connectivity index (χ2n) is 4.36. The molecule has 3 unspecified atom stereocenters. The van der Waals surface area contributed by atoms with Gasteiger partial charge in [-0.25, -0.2) is 0 Å². The highest BCUT2D eigenvalue weighted by Crippen LogP contribution is 2.30. The molecule has 1 aliphatic heterocycles. The van der Waals surface area contributed by atoms with Crippen LogP contribution in [0.1, 0.15) is 39.0 Å². The number of oxime groups is 1. The van der Waals surface area contributed by atoms with Gasteiger partial charge >= 0.3 is 0 Å². The smallest absolute Gasteiger partial charge is 0.0632 e. The largest absolute Gasteiger partial charge is 0.411 e. The average Bonchev–Trinajstić information content (AvgIpc) is 2.16. The molecule has 0 bridgehead atoms. The first-order valence-electron chi connectivity index (χ1n) is 5.28. The van der Waals surface area contributed by atoms with Crippen LogP contribution in [0.15, 0.2) is 5.16 Å². The van der Waals surface area contributed by atoms with Crippen molar-refractivity contribution in [3.8, 4) is 0 Å². The molecule has 2 aliphatic rings. The third kappa shape index (κ3) is 1.70. The van der Waals surface area contributed by atoms with Crippen LogP contribution in [0, 0.1) is 5.92 Å². The Kier molecular flexibility index (Phi) is 2.54. The second kappa shape index (κ2) is 3.66. The Morgan fingerprint density at radius 2 is 2.15 bits per heavy atom. The SMILES string of the molecule is CC1C/C(=N/O)C2CCCCC2N1. The van der Waals surface area contributed by atoms with Crippen LogP contribution in [0.2, 0.25) is 0 Å². The average molecular weight is 182 g/mol. The number of fused-ring (bicyclic) bond motifs is 1. The summed E-state index contributed by atoms with van der Waals surface area (Å²) < 4.78 is 0. The molecule has 2 fully saturated rings. The highest BCUT2D eigenvalue weighted by atomic mass is 16.4. The Hall–Kier alpha value is -0.570. The topological polar surface area (TPSA) is 44.6 Å². The summed E-state index contributed by atoms with van der Waals surface area (Å²) in [6.45, 7) is 2.16. The number of hydrogen-bond donors (Lipinski definition) is 2. The normalized spacial score (nSPS) is 43.2. The Morgan fingerprint density at radius 1 is 1.38 bits per heavy atom. The van der Waals surface area contributed by atoms with Crippen LogP contribution in [-0.2, 0) is 0 Å². The van der Waals surface area contributed by atoms with Gasteiger partial charge in [-0.05, 0) is 19.8 Å². The molecule has 3 atom stereocenters. The van der Waals surface area contributed by atoms with Gasteiger partial charge < -0.3 is 10.5 Å². The maximum atomic E-state index is 8.91. The quantitative estimate of drug-likeness (QED) is 0.443. The molecule has 0 amide bonds. The van der Waals surface area contributed by atoms with E-state index in [9.17, 15) is 0 Å². The standard InChI is InChI=1S/C10H18N2O/c1-7-6-10(12-13)8-4-2-3-5-9(8)11-7/h7-9,11,13H,2-6H2,1H3/b12-10-. The van der Waals surface area contributed by atoms with Gasteiger partial charge in [0.25, 0.3) is 0 Å². The van der Waals surface area contributed by atoms with E-state index in [0.717, 1.165) is 12.1 Å². The van der Waals surface area contributed by atoms with E-state index in [1.807, 2.05) is 0 Å². The van der Waals surface area contributed by atoms with E-state index in [0.29, 0.717) is 18.0 Å². The van der Waals surface area contributed by atoms with Gasteiger partial charge in [-0.15, -0.1) is 0 Å². The minimum atomic E-state index is 0.477. The lowest BCUT2D eigenvalue weighted by molar-refractivity contribution is 0.253. The number of hydrogen-bond acceptors (Lipinski definition) is 3. The molecule has 1 aliphatic carbocycles. The van der Waals surface area contributed by atoms with Crippen LogP contribution >= 0.6 is 0 Å². The minimum Gasteiger partial charge on any atom is -0.411 e. The number of rotatable bonds is 0. The number of nitrogens with one attached hydrogen (secondary N) is 1. The highest BCUT2D eigenvalue weighted by Gasteiger charge is 2.34. The van der Waals surface area contributed by atoms with E-state index in [2.05, 4.69) is 17.4 Å². The van der Waals surface area contributed by atoms with E-state index in [1.165, 1.54) is 25.7 Å². The molecule has 3 nitrogen and oxygen atoms in total. The fourth-order valence-electron chi connectivity index (χ4n) is 2.73. The third-order valence-electron chi connectivity index (χ3n) is 3.34. The summed E-state index contributed by atoms with van der Waals surface area (Å²) in [6, 6.07) is 1.05. The lowest BCUT2D eigenvalue weighted by Gasteiger charge is -2.39. The van der Waals surface area contributed by atoms with E-state index in [4.69, 9.17) is 5.21 Å². The van der Waals surface area contributed by atoms with Crippen molar-refractivity contribution in [2.75, 3.05) is 0 Å². The zero-order valence-corrected chi connectivity index (χ0v) is 8.16. The van der Waals surface area contributed by atoms with E-state index in [1.54, 1.807) is 0 Å². The number of nitrogens with zero attached hydrogens (tertiary/aromatic N) is 1. The summed E-state index contributed by atoms with van der Waals surface area (Å²) in [6.07, 6.45) is 5.96. The molecular formula is C10H18N2O. The van der Waals surface area contributed by atoms with Crippen LogP contribution in [0.4, 0.5) is 0 Å². The summed E-state index contributed by atoms with van der Waals surface area (Å²) in [5, 5.41) is 16.0. The van der Waals surface area contributed by atoms with Gasteiger partial charge in [0.15, 0.2) is 0 Å². The van der Waals surface area contributed by atoms with Gasteiger partial charge in [0.2, 0.25) is 0 Å². The lowest BCUT2D eigenvalue weighted by atomic mass is 9.77. The molecule has 13 heavy (non-hydrogen) atoms. The molecule has 74 valence electrons. The molecule has 0 radical (unpaired) electrons. The first-order valence-corrected chi connectivity index (χ1v) is 5.28. The second-order valence-corrected chi connectivity index (χ2v) is 4.36. The summed E-state index contributed by atoms with van der Waals surface area (Å²) in [7, 11) is 0. The first-order chi connectivity index (χ1) is 6.31. The summed E-state index contributed by atoms with van der Waals surface area (Å²) in [4.78, 5) is 0. The van der Waals surface area contributed by atoms with Gasteiger partial charge in [0.1, 0.15) is 0 Å². The van der Waals surface area contributed by atoms with Crippen molar-refractivity contribution in [3.05, 3.63) is 0 Å². The molecule has 2 N–H and O–H groups in total. The van der Waals surface area contributed by atoms with Crippen molar-refractivity contribution < 1.29 is 5.21 Å². The summed E-state index contributed by atoms with van der Waals surface area (Å²) in [5.74, 6) is 0.509. The van der Waals surface area contributed by atoms with E-state index >= 15 is 0 Å². The maximum absolute atomic E-state index is 8.91. The fourth-order valence-corrected chi connectivity index (χ4v) is 2.73. The van der Waals surface area contributed by atoms with Crippen LogP contribution in [-0.4, -0.2) is 23.0 Å². The van der Waals surface area contributed by atoms with Crippen LogP contribution < -0.4 is 5.32 Å². The number of piperidine rings is 1. The fraction of sp³-hybridized carbons (Fsp3) is 0.900. The molecule has 0 aromatic rings. The van der Waals surface area contributed by atoms with Crippen molar-refractivity contribution in [1.82, 2.24) is 5.32 Å². The van der Waals surface area contributed by atoms with Gasteiger partial charge in [-0.2, -0.15) is 0 Å². The molecule has 2 rings (SSSR count). The first kappa shape index (κ1) is 9.00. The molecule has 0 spiro atoms. The molecule has 1 heterocycles. The van der Waals surface area contributed by atoms with Crippen LogP contribution in [0.25, 0.3) is 0 Å². The van der Waals surface area contributed by atoms with Gasteiger partial charge in [0, 0.05) is 24.4 Å². The van der Waals surface area contributed by atoms with Crippen molar-refractivity contribution in [2.45, 2.75) is 51.1 Å². The Balaban J connectivity index is 2.12. The monoisotopic (exact) mass is 182 g/mol. The molecule has 0 aromatic carbocycles. The Labute approximate surface area is 79.2 Å². The molecule has 1 saturated carbocycles. The molecule has 1 saturated heterocycles. The predicted octanol–water partition coefficient (Wildman–Crippen LogP) is 1.76.